The number of hydrogen-bond donors (Lipinski definition) is 1. The summed E-state index contributed by atoms with van der Waals surface area (Å²) in [4.78, 5) is 48.6. The topological polar surface area (TPSA) is 91.3 Å². The Hall–Kier alpha value is -3.50. The molecule has 1 atom stereocenters. The molecule has 0 radical (unpaired) electrons. The Morgan fingerprint density at radius 1 is 1.00 bits per heavy atom. The summed E-state index contributed by atoms with van der Waals surface area (Å²) in [5.41, 5.74) is 4.23. The van der Waals surface area contributed by atoms with Crippen LogP contribution in [0.2, 0.25) is 0 Å². The van der Waals surface area contributed by atoms with Crippen LogP contribution in [0.25, 0.3) is 0 Å². The zero-order chi connectivity index (χ0) is 31.2. The molecular weight excluding hydrogens is 581 g/mol. The van der Waals surface area contributed by atoms with Crippen molar-refractivity contribution in [3.63, 3.8) is 0 Å². The SMILES string of the molecule is CC.CC.CC1=C/C(=C/C2Nc3ccccc3S2)N=C(SCCCCCC(=O)ON2C(=O)CCC2=O)N1c1ccccc1. The molecule has 2 aromatic carbocycles. The van der Waals surface area contributed by atoms with E-state index in [1.54, 1.807) is 23.5 Å². The number of nitrogens with one attached hydrogen (secondary N) is 1. The van der Waals surface area contributed by atoms with Gasteiger partial charge in [0.2, 0.25) is 0 Å². The Labute approximate surface area is 264 Å². The average Bonchev–Trinajstić information content (AvgIpc) is 3.58. The average molecular weight is 623 g/mol. The van der Waals surface area contributed by atoms with Gasteiger partial charge in [0.05, 0.1) is 11.1 Å². The fraction of sp³-hybridized carbons (Fsp3) is 0.394. The van der Waals surface area contributed by atoms with Crippen LogP contribution < -0.4 is 10.2 Å². The van der Waals surface area contributed by atoms with Gasteiger partial charge in [-0.2, -0.15) is 0 Å². The molecule has 1 unspecified atom stereocenters. The van der Waals surface area contributed by atoms with Crippen molar-refractivity contribution < 1.29 is 19.2 Å². The number of para-hydroxylation sites is 2. The van der Waals surface area contributed by atoms with Gasteiger partial charge in [-0.1, -0.05) is 88.0 Å². The van der Waals surface area contributed by atoms with Crippen LogP contribution in [-0.4, -0.2) is 39.1 Å². The third-order valence-electron chi connectivity index (χ3n) is 6.36. The van der Waals surface area contributed by atoms with E-state index in [4.69, 9.17) is 9.83 Å². The fourth-order valence-corrected chi connectivity index (χ4v) is 6.61. The van der Waals surface area contributed by atoms with Crippen LogP contribution in [-0.2, 0) is 19.2 Å². The lowest BCUT2D eigenvalue weighted by molar-refractivity contribution is -0.197. The van der Waals surface area contributed by atoms with Crippen LogP contribution in [0.1, 0.15) is 73.1 Å². The number of carbonyl (C=O) groups is 3. The second-order valence-electron chi connectivity index (χ2n) is 9.33. The largest absolute Gasteiger partial charge is 0.369 e. The van der Waals surface area contributed by atoms with E-state index in [-0.39, 0.29) is 24.6 Å². The molecule has 5 rings (SSSR count). The minimum Gasteiger partial charge on any atom is -0.369 e. The minimum atomic E-state index is -0.547. The second-order valence-corrected chi connectivity index (χ2v) is 11.6. The predicted octanol–water partition coefficient (Wildman–Crippen LogP) is 8.15. The van der Waals surface area contributed by atoms with Crippen LogP contribution in [0.4, 0.5) is 11.4 Å². The molecule has 3 aliphatic rings. The molecule has 2 amide bonds. The lowest BCUT2D eigenvalue weighted by atomic mass is 10.2. The van der Waals surface area contributed by atoms with Crippen molar-refractivity contribution >= 4 is 57.8 Å². The number of thioether (sulfide) groups is 2. The first-order valence-electron chi connectivity index (χ1n) is 15.0. The van der Waals surface area contributed by atoms with Crippen molar-refractivity contribution in [3.8, 4) is 0 Å². The zero-order valence-corrected chi connectivity index (χ0v) is 27.3. The molecule has 1 saturated heterocycles. The van der Waals surface area contributed by atoms with Crippen LogP contribution in [0, 0.1) is 0 Å². The highest BCUT2D eigenvalue weighted by Gasteiger charge is 2.32. The molecule has 10 heteroatoms. The van der Waals surface area contributed by atoms with E-state index in [2.05, 4.69) is 59.6 Å². The molecule has 230 valence electrons. The molecule has 0 aliphatic carbocycles. The summed E-state index contributed by atoms with van der Waals surface area (Å²) in [5, 5.41) is 5.19. The van der Waals surface area contributed by atoms with Crippen molar-refractivity contribution in [1.82, 2.24) is 5.06 Å². The summed E-state index contributed by atoms with van der Waals surface area (Å²) >= 11 is 3.48. The predicted molar refractivity (Wildman–Crippen MR) is 179 cm³/mol. The number of fused-ring (bicyclic) bond motifs is 1. The Kier molecular flexibility index (Phi) is 13.9. The van der Waals surface area contributed by atoms with E-state index in [1.807, 2.05) is 52.0 Å². The Bertz CT molecular complexity index is 1300. The van der Waals surface area contributed by atoms with Gasteiger partial charge in [0.15, 0.2) is 5.17 Å². The Morgan fingerprint density at radius 3 is 2.37 bits per heavy atom. The van der Waals surface area contributed by atoms with Crippen molar-refractivity contribution in [2.24, 2.45) is 4.99 Å². The molecule has 1 N–H and O–H groups in total. The lowest BCUT2D eigenvalue weighted by Crippen LogP contribution is -2.31. The van der Waals surface area contributed by atoms with Gasteiger partial charge in [0.1, 0.15) is 0 Å². The molecule has 3 heterocycles. The number of benzene rings is 2. The van der Waals surface area contributed by atoms with Gasteiger partial charge in [-0.15, -0.1) is 5.06 Å². The molecule has 0 saturated carbocycles. The first kappa shape index (κ1) is 34.0. The molecule has 8 nitrogen and oxygen atoms in total. The maximum Gasteiger partial charge on any atom is 0.333 e. The van der Waals surface area contributed by atoms with Gasteiger partial charge in [-0.3, -0.25) is 14.5 Å². The number of hydrogen-bond acceptors (Lipinski definition) is 9. The van der Waals surface area contributed by atoms with Gasteiger partial charge < -0.3 is 10.2 Å². The van der Waals surface area contributed by atoms with E-state index in [9.17, 15) is 14.4 Å². The van der Waals surface area contributed by atoms with E-state index in [0.717, 1.165) is 46.5 Å². The van der Waals surface area contributed by atoms with Gasteiger partial charge >= 0.3 is 5.97 Å². The van der Waals surface area contributed by atoms with Crippen molar-refractivity contribution in [3.05, 3.63) is 78.1 Å². The summed E-state index contributed by atoms with van der Waals surface area (Å²) in [6.07, 6.45) is 6.98. The Morgan fingerprint density at radius 2 is 1.67 bits per heavy atom. The number of amidine groups is 1. The highest BCUT2D eigenvalue weighted by Crippen LogP contribution is 2.39. The van der Waals surface area contributed by atoms with E-state index in [0.29, 0.717) is 11.5 Å². The Balaban J connectivity index is 0.00000121. The number of rotatable bonds is 9. The van der Waals surface area contributed by atoms with Gasteiger partial charge in [0.25, 0.3) is 11.8 Å². The number of unbranched alkanes of at least 4 members (excludes halogenated alkanes) is 2. The number of allylic oxidation sites excluding steroid dienone is 2. The van der Waals surface area contributed by atoms with E-state index < -0.39 is 17.8 Å². The quantitative estimate of drug-likeness (QED) is 0.221. The van der Waals surface area contributed by atoms with Crippen molar-refractivity contribution in [1.29, 1.82) is 0 Å². The molecule has 0 aromatic heterocycles. The number of anilines is 2. The molecule has 0 bridgehead atoms. The summed E-state index contributed by atoms with van der Waals surface area (Å²) in [5.74, 6) is -0.617. The maximum atomic E-state index is 12.0. The zero-order valence-electron chi connectivity index (χ0n) is 25.7. The first-order valence-corrected chi connectivity index (χ1v) is 16.9. The molecular formula is C33H42N4O4S2. The van der Waals surface area contributed by atoms with Gasteiger partial charge in [-0.25, -0.2) is 9.79 Å². The normalized spacial score (nSPS) is 18.1. The molecule has 1 fully saturated rings. The summed E-state index contributed by atoms with van der Waals surface area (Å²) < 4.78 is 0. The van der Waals surface area contributed by atoms with Crippen molar-refractivity contribution in [2.75, 3.05) is 16.0 Å². The molecule has 0 spiro atoms. The molecule has 3 aliphatic heterocycles. The minimum absolute atomic E-state index is 0.0996. The number of nitrogens with zero attached hydrogens (tertiary/aromatic N) is 3. The molecule has 43 heavy (non-hydrogen) atoms. The van der Waals surface area contributed by atoms with Crippen LogP contribution in [0.5, 0.6) is 0 Å². The van der Waals surface area contributed by atoms with E-state index >= 15 is 0 Å². The van der Waals surface area contributed by atoms with Crippen molar-refractivity contribution in [2.45, 2.75) is 83.4 Å². The number of amides is 2. The molecule has 2 aromatic rings. The summed E-state index contributed by atoms with van der Waals surface area (Å²) in [6, 6.07) is 18.5. The third kappa shape index (κ3) is 9.49. The third-order valence-corrected chi connectivity index (χ3v) is 8.50. The van der Waals surface area contributed by atoms with Crippen LogP contribution in [0.15, 0.2) is 88.0 Å². The standard InChI is InChI=1S/C29H30N4O4S2.2C2H6/c1-20-18-21(19-25-31-23-12-7-8-13-24(23)39-25)30-29(32(20)22-10-4-2-5-11-22)38-17-9-3-6-14-28(36)37-33-26(34)15-16-27(33)35;2*1-2/h2,4-5,7-8,10-13,18-19,25,31H,3,6,9,14-17H2,1H3;2*1-2H3/b21-19-;;. The highest BCUT2D eigenvalue weighted by molar-refractivity contribution is 8.14. The summed E-state index contributed by atoms with van der Waals surface area (Å²) in [6.45, 7) is 10.1. The van der Waals surface area contributed by atoms with E-state index in [1.165, 1.54) is 4.90 Å². The smallest absolute Gasteiger partial charge is 0.333 e. The first-order chi connectivity index (χ1) is 21.0. The number of aliphatic imine (C=N–C) groups is 1. The number of imide groups is 1. The number of carbonyl (C=O) groups excluding carboxylic acids is 3. The monoisotopic (exact) mass is 622 g/mol. The lowest BCUT2D eigenvalue weighted by Gasteiger charge is -2.30. The fourth-order valence-electron chi connectivity index (χ4n) is 4.45. The van der Waals surface area contributed by atoms with Gasteiger partial charge in [-0.05, 0) is 56.2 Å². The van der Waals surface area contributed by atoms with Gasteiger partial charge in [0, 0.05) is 47.0 Å². The maximum absolute atomic E-state index is 12.0. The second kappa shape index (κ2) is 17.6. The summed E-state index contributed by atoms with van der Waals surface area (Å²) in [7, 11) is 0. The van der Waals surface area contributed by atoms with Crippen LogP contribution in [0.3, 0.4) is 0 Å². The number of hydroxylamine groups is 2. The highest BCUT2D eigenvalue weighted by atomic mass is 32.2. The van der Waals surface area contributed by atoms with Crippen LogP contribution >= 0.6 is 23.5 Å².